The first-order chi connectivity index (χ1) is 9.40. The lowest BCUT2D eigenvalue weighted by Gasteiger charge is -2.15. The third kappa shape index (κ3) is 2.96. The van der Waals surface area contributed by atoms with E-state index in [0.29, 0.717) is 28.9 Å². The number of anilines is 1. The average Bonchev–Trinajstić information content (AvgIpc) is 2.73. The number of hydrogen-bond donors (Lipinski definition) is 2. The van der Waals surface area contributed by atoms with E-state index in [1.165, 1.54) is 11.3 Å². The standard InChI is InChI=1S/C16H22N2OS/c1-9(2)11(4)8-18-16(19)15-14(17)12-7-10(3)5-6-13(12)20-15/h5-7,9,11H,8,17H2,1-4H3,(H,18,19). The lowest BCUT2D eigenvalue weighted by molar-refractivity contribution is 0.0950. The minimum absolute atomic E-state index is 0.0612. The second kappa shape index (κ2) is 5.83. The summed E-state index contributed by atoms with van der Waals surface area (Å²) in [5, 5.41) is 3.97. The summed E-state index contributed by atoms with van der Waals surface area (Å²) in [6.45, 7) is 9.17. The predicted octanol–water partition coefficient (Wildman–Crippen LogP) is 3.81. The van der Waals surface area contributed by atoms with Crippen molar-refractivity contribution in [2.45, 2.75) is 27.7 Å². The zero-order valence-electron chi connectivity index (χ0n) is 12.5. The molecule has 2 rings (SSSR count). The van der Waals surface area contributed by atoms with Gasteiger partial charge >= 0.3 is 0 Å². The third-order valence-electron chi connectivity index (χ3n) is 3.81. The van der Waals surface area contributed by atoms with Gasteiger partial charge in [0.05, 0.1) is 5.69 Å². The number of carbonyl (C=O) groups is 1. The molecule has 0 spiro atoms. The number of rotatable bonds is 4. The fourth-order valence-corrected chi connectivity index (χ4v) is 2.99. The SMILES string of the molecule is Cc1ccc2sc(C(=O)NCC(C)C(C)C)c(N)c2c1. The van der Waals surface area contributed by atoms with Crippen LogP contribution in [0.15, 0.2) is 18.2 Å². The number of aryl methyl sites for hydroxylation is 1. The van der Waals surface area contributed by atoms with Crippen LogP contribution in [0.3, 0.4) is 0 Å². The van der Waals surface area contributed by atoms with Gasteiger partial charge in [-0.2, -0.15) is 0 Å². The quantitative estimate of drug-likeness (QED) is 0.899. The van der Waals surface area contributed by atoms with Gasteiger partial charge in [-0.25, -0.2) is 0 Å². The highest BCUT2D eigenvalue weighted by Gasteiger charge is 2.17. The topological polar surface area (TPSA) is 55.1 Å². The Morgan fingerprint density at radius 3 is 2.70 bits per heavy atom. The van der Waals surface area contributed by atoms with E-state index in [9.17, 15) is 4.79 Å². The summed E-state index contributed by atoms with van der Waals surface area (Å²) in [4.78, 5) is 12.9. The molecule has 0 fully saturated rings. The van der Waals surface area contributed by atoms with Crippen LogP contribution >= 0.6 is 11.3 Å². The van der Waals surface area contributed by atoms with E-state index >= 15 is 0 Å². The van der Waals surface area contributed by atoms with Crippen molar-refractivity contribution in [1.82, 2.24) is 5.32 Å². The van der Waals surface area contributed by atoms with Crippen LogP contribution < -0.4 is 11.1 Å². The fourth-order valence-electron chi connectivity index (χ4n) is 1.97. The van der Waals surface area contributed by atoms with Gasteiger partial charge in [0.1, 0.15) is 4.88 Å². The molecule has 0 saturated carbocycles. The molecule has 1 heterocycles. The Hall–Kier alpha value is -1.55. The van der Waals surface area contributed by atoms with Gasteiger partial charge in [0.15, 0.2) is 0 Å². The van der Waals surface area contributed by atoms with Crippen LogP contribution in [-0.2, 0) is 0 Å². The number of benzene rings is 1. The van der Waals surface area contributed by atoms with E-state index in [4.69, 9.17) is 5.73 Å². The fraction of sp³-hybridized carbons (Fsp3) is 0.438. The van der Waals surface area contributed by atoms with Crippen LogP contribution in [0.2, 0.25) is 0 Å². The van der Waals surface area contributed by atoms with Crippen LogP contribution in [0.1, 0.15) is 36.0 Å². The summed E-state index contributed by atoms with van der Waals surface area (Å²) in [5.74, 6) is 0.948. The van der Waals surface area contributed by atoms with Gasteiger partial charge in [0.25, 0.3) is 5.91 Å². The highest BCUT2D eigenvalue weighted by Crippen LogP contribution is 2.34. The number of thiophene rings is 1. The Bertz CT molecular complexity index is 631. The molecule has 0 aliphatic rings. The van der Waals surface area contributed by atoms with Crippen LogP contribution in [-0.4, -0.2) is 12.5 Å². The molecule has 4 heteroatoms. The molecule has 1 atom stereocenters. The second-order valence-electron chi connectivity index (χ2n) is 5.78. The molecule has 0 aliphatic carbocycles. The van der Waals surface area contributed by atoms with Gasteiger partial charge < -0.3 is 11.1 Å². The number of amides is 1. The Kier molecular flexibility index (Phi) is 4.33. The predicted molar refractivity (Wildman–Crippen MR) is 87.3 cm³/mol. The number of hydrogen-bond acceptors (Lipinski definition) is 3. The van der Waals surface area contributed by atoms with E-state index in [0.717, 1.165) is 15.6 Å². The molecule has 1 aromatic heterocycles. The maximum atomic E-state index is 12.3. The van der Waals surface area contributed by atoms with E-state index in [1.54, 1.807) is 0 Å². The third-order valence-corrected chi connectivity index (χ3v) is 5.00. The van der Waals surface area contributed by atoms with Gasteiger partial charge in [0.2, 0.25) is 0 Å². The van der Waals surface area contributed by atoms with Gasteiger partial charge in [-0.1, -0.05) is 32.4 Å². The van der Waals surface area contributed by atoms with Gasteiger partial charge in [0, 0.05) is 16.6 Å². The average molecular weight is 290 g/mol. The van der Waals surface area contributed by atoms with Crippen molar-refractivity contribution >= 4 is 33.0 Å². The zero-order valence-corrected chi connectivity index (χ0v) is 13.3. The van der Waals surface area contributed by atoms with Crippen molar-refractivity contribution in [3.05, 3.63) is 28.6 Å². The van der Waals surface area contributed by atoms with Crippen LogP contribution in [0.4, 0.5) is 5.69 Å². The van der Waals surface area contributed by atoms with Crippen molar-refractivity contribution in [3.63, 3.8) is 0 Å². The molecule has 0 radical (unpaired) electrons. The molecule has 3 nitrogen and oxygen atoms in total. The van der Waals surface area contributed by atoms with Crippen molar-refractivity contribution in [1.29, 1.82) is 0 Å². The summed E-state index contributed by atoms with van der Waals surface area (Å²) in [6.07, 6.45) is 0. The maximum absolute atomic E-state index is 12.3. The molecule has 0 aliphatic heterocycles. The van der Waals surface area contributed by atoms with Gasteiger partial charge in [-0.3, -0.25) is 4.79 Å². The first kappa shape index (κ1) is 14.9. The molecule has 0 saturated heterocycles. The highest BCUT2D eigenvalue weighted by molar-refractivity contribution is 7.21. The molecule has 108 valence electrons. The van der Waals surface area contributed by atoms with Crippen LogP contribution in [0, 0.1) is 18.8 Å². The molecule has 0 bridgehead atoms. The smallest absolute Gasteiger partial charge is 0.263 e. The Labute approximate surface area is 124 Å². The van der Waals surface area contributed by atoms with Crippen molar-refractivity contribution in [3.8, 4) is 0 Å². The largest absolute Gasteiger partial charge is 0.397 e. The molecule has 1 unspecified atom stereocenters. The number of nitrogens with two attached hydrogens (primary N) is 1. The van der Waals surface area contributed by atoms with Crippen molar-refractivity contribution in [2.24, 2.45) is 11.8 Å². The molecule has 2 aromatic rings. The lowest BCUT2D eigenvalue weighted by Crippen LogP contribution is -2.30. The second-order valence-corrected chi connectivity index (χ2v) is 6.83. The van der Waals surface area contributed by atoms with Crippen LogP contribution in [0.5, 0.6) is 0 Å². The Morgan fingerprint density at radius 2 is 2.05 bits per heavy atom. The van der Waals surface area contributed by atoms with Gasteiger partial charge in [-0.15, -0.1) is 11.3 Å². The summed E-state index contributed by atoms with van der Waals surface area (Å²) >= 11 is 1.46. The number of nitrogen functional groups attached to an aromatic ring is 1. The summed E-state index contributed by atoms with van der Waals surface area (Å²) in [7, 11) is 0. The monoisotopic (exact) mass is 290 g/mol. The highest BCUT2D eigenvalue weighted by atomic mass is 32.1. The first-order valence-corrected chi connectivity index (χ1v) is 7.78. The molecule has 20 heavy (non-hydrogen) atoms. The number of fused-ring (bicyclic) bond motifs is 1. The first-order valence-electron chi connectivity index (χ1n) is 6.97. The molecular weight excluding hydrogens is 268 g/mol. The zero-order chi connectivity index (χ0) is 14.9. The van der Waals surface area contributed by atoms with Crippen molar-refractivity contribution in [2.75, 3.05) is 12.3 Å². The Morgan fingerprint density at radius 1 is 1.35 bits per heavy atom. The van der Waals surface area contributed by atoms with E-state index < -0.39 is 0 Å². The molecule has 1 aromatic carbocycles. The van der Waals surface area contributed by atoms with Gasteiger partial charge in [-0.05, 0) is 30.9 Å². The normalized spacial score (nSPS) is 12.8. The lowest BCUT2D eigenvalue weighted by atomic mass is 9.98. The molecule has 1 amide bonds. The maximum Gasteiger partial charge on any atom is 0.263 e. The summed E-state index contributed by atoms with van der Waals surface area (Å²) in [6, 6.07) is 6.11. The number of nitrogens with one attached hydrogen (secondary N) is 1. The van der Waals surface area contributed by atoms with E-state index in [2.05, 4.69) is 26.1 Å². The molecular formula is C16H22N2OS. The van der Waals surface area contributed by atoms with Crippen molar-refractivity contribution < 1.29 is 4.79 Å². The summed E-state index contributed by atoms with van der Waals surface area (Å²) in [5.41, 5.74) is 7.88. The van der Waals surface area contributed by atoms with Crippen LogP contribution in [0.25, 0.3) is 10.1 Å². The minimum Gasteiger partial charge on any atom is -0.397 e. The minimum atomic E-state index is -0.0612. The summed E-state index contributed by atoms with van der Waals surface area (Å²) < 4.78 is 1.06. The van der Waals surface area contributed by atoms with E-state index in [1.807, 2.05) is 25.1 Å². The number of carbonyl (C=O) groups excluding carboxylic acids is 1. The Balaban J connectivity index is 2.20. The molecule has 3 N–H and O–H groups in total. The van der Waals surface area contributed by atoms with E-state index in [-0.39, 0.29) is 5.91 Å².